The van der Waals surface area contributed by atoms with Crippen LogP contribution in [0.2, 0.25) is 5.02 Å². The van der Waals surface area contributed by atoms with Crippen molar-refractivity contribution in [2.75, 3.05) is 17.3 Å². The lowest BCUT2D eigenvalue weighted by Crippen LogP contribution is -2.44. The second kappa shape index (κ2) is 9.31. The molecule has 2 N–H and O–H groups in total. The minimum absolute atomic E-state index is 0.213. The molecular weight excluding hydrogens is 401 g/mol. The predicted octanol–water partition coefficient (Wildman–Crippen LogP) is 2.91. The van der Waals surface area contributed by atoms with Crippen LogP contribution in [-0.2, 0) is 14.8 Å². The van der Waals surface area contributed by atoms with Crippen molar-refractivity contribution >= 4 is 45.0 Å². The quantitative estimate of drug-likeness (QED) is 0.689. The summed E-state index contributed by atoms with van der Waals surface area (Å²) in [4.78, 5) is 16.1. The third-order valence-electron chi connectivity index (χ3n) is 3.37. The Morgan fingerprint density at radius 3 is 2.62 bits per heavy atom. The average molecular weight is 418 g/mol. The first-order chi connectivity index (χ1) is 12.3. The predicted molar refractivity (Wildman–Crippen MR) is 101 cm³/mol. The summed E-state index contributed by atoms with van der Waals surface area (Å²) in [5.41, 5.74) is 0.503. The van der Waals surface area contributed by atoms with Crippen LogP contribution in [0.3, 0.4) is 0 Å². The molecule has 1 aromatic heterocycles. The zero-order chi connectivity index (χ0) is 19.2. The summed E-state index contributed by atoms with van der Waals surface area (Å²) in [7, 11) is -4.05. The second-order valence-electron chi connectivity index (χ2n) is 5.26. The summed E-state index contributed by atoms with van der Waals surface area (Å²) in [5, 5.41) is 2.33. The molecule has 0 saturated heterocycles. The SMILES string of the molecule is CSCCC(NS(=O)(=O)c1ccc(F)c(Cl)c1)C(=O)Nc1ccncc1. The minimum Gasteiger partial charge on any atom is -0.325 e. The van der Waals surface area contributed by atoms with E-state index in [1.807, 2.05) is 6.26 Å². The number of aromatic nitrogens is 1. The van der Waals surface area contributed by atoms with Crippen LogP contribution >= 0.6 is 23.4 Å². The molecule has 0 fully saturated rings. The Bertz CT molecular complexity index is 866. The topological polar surface area (TPSA) is 88.2 Å². The summed E-state index contributed by atoms with van der Waals surface area (Å²) in [6.45, 7) is 0. The highest BCUT2D eigenvalue weighted by molar-refractivity contribution is 7.98. The van der Waals surface area contributed by atoms with Crippen LogP contribution in [0.1, 0.15) is 6.42 Å². The van der Waals surface area contributed by atoms with E-state index in [0.717, 1.165) is 18.2 Å². The van der Waals surface area contributed by atoms with E-state index in [4.69, 9.17) is 11.6 Å². The van der Waals surface area contributed by atoms with Gasteiger partial charge in [-0.15, -0.1) is 0 Å². The molecule has 0 saturated carbocycles. The number of hydrogen-bond acceptors (Lipinski definition) is 5. The van der Waals surface area contributed by atoms with Gasteiger partial charge in [-0.1, -0.05) is 11.6 Å². The molecule has 0 radical (unpaired) electrons. The molecule has 1 heterocycles. The van der Waals surface area contributed by atoms with Gasteiger partial charge in [-0.2, -0.15) is 16.5 Å². The first-order valence-corrected chi connectivity index (χ1v) is 10.8. The number of carbonyl (C=O) groups excluding carboxylic acids is 1. The smallest absolute Gasteiger partial charge is 0.242 e. The van der Waals surface area contributed by atoms with E-state index in [-0.39, 0.29) is 16.3 Å². The Morgan fingerprint density at radius 1 is 1.31 bits per heavy atom. The number of amides is 1. The molecule has 26 heavy (non-hydrogen) atoms. The van der Waals surface area contributed by atoms with Crippen LogP contribution in [0.15, 0.2) is 47.6 Å². The summed E-state index contributed by atoms with van der Waals surface area (Å²) in [6, 6.07) is 5.26. The number of rotatable bonds is 8. The van der Waals surface area contributed by atoms with Gasteiger partial charge in [0.15, 0.2) is 0 Å². The molecule has 0 bridgehead atoms. The summed E-state index contributed by atoms with van der Waals surface area (Å²) < 4.78 is 40.7. The van der Waals surface area contributed by atoms with E-state index in [9.17, 15) is 17.6 Å². The fraction of sp³-hybridized carbons (Fsp3) is 0.250. The zero-order valence-corrected chi connectivity index (χ0v) is 16.2. The lowest BCUT2D eigenvalue weighted by molar-refractivity contribution is -0.117. The number of nitrogens with zero attached hydrogens (tertiary/aromatic N) is 1. The molecule has 1 atom stereocenters. The van der Waals surface area contributed by atoms with Crippen molar-refractivity contribution in [3.8, 4) is 0 Å². The number of thioether (sulfide) groups is 1. The van der Waals surface area contributed by atoms with Gasteiger partial charge in [-0.05, 0) is 48.8 Å². The maximum atomic E-state index is 13.3. The molecule has 0 spiro atoms. The third kappa shape index (κ3) is 5.66. The normalized spacial score (nSPS) is 12.6. The van der Waals surface area contributed by atoms with Crippen LogP contribution < -0.4 is 10.0 Å². The van der Waals surface area contributed by atoms with E-state index in [1.165, 1.54) is 24.2 Å². The zero-order valence-electron chi connectivity index (χ0n) is 13.8. The summed E-state index contributed by atoms with van der Waals surface area (Å²) in [6.07, 6.45) is 5.16. The molecule has 140 valence electrons. The maximum absolute atomic E-state index is 13.3. The number of hydrogen-bond donors (Lipinski definition) is 2. The molecule has 2 aromatic rings. The van der Waals surface area contributed by atoms with E-state index < -0.39 is 27.8 Å². The van der Waals surface area contributed by atoms with Gasteiger partial charge in [0, 0.05) is 18.1 Å². The van der Waals surface area contributed by atoms with E-state index >= 15 is 0 Å². The number of nitrogens with one attached hydrogen (secondary N) is 2. The highest BCUT2D eigenvalue weighted by Gasteiger charge is 2.26. The van der Waals surface area contributed by atoms with Crippen molar-refractivity contribution in [2.45, 2.75) is 17.4 Å². The summed E-state index contributed by atoms with van der Waals surface area (Å²) in [5.74, 6) is -0.650. The van der Waals surface area contributed by atoms with Crippen LogP contribution in [0.4, 0.5) is 10.1 Å². The van der Waals surface area contributed by atoms with Gasteiger partial charge in [0.1, 0.15) is 11.9 Å². The van der Waals surface area contributed by atoms with Gasteiger partial charge in [0.05, 0.1) is 9.92 Å². The molecule has 6 nitrogen and oxygen atoms in total. The average Bonchev–Trinajstić information content (AvgIpc) is 2.61. The number of carbonyl (C=O) groups is 1. The Balaban J connectivity index is 2.20. The van der Waals surface area contributed by atoms with Gasteiger partial charge >= 0.3 is 0 Å². The van der Waals surface area contributed by atoms with Gasteiger partial charge in [0.2, 0.25) is 15.9 Å². The van der Waals surface area contributed by atoms with Crippen molar-refractivity contribution in [1.29, 1.82) is 0 Å². The highest BCUT2D eigenvalue weighted by Crippen LogP contribution is 2.20. The molecule has 0 aliphatic carbocycles. The first kappa shape index (κ1) is 20.6. The first-order valence-electron chi connectivity index (χ1n) is 7.50. The third-order valence-corrected chi connectivity index (χ3v) is 5.78. The van der Waals surface area contributed by atoms with E-state index in [0.29, 0.717) is 11.4 Å². The van der Waals surface area contributed by atoms with Crippen molar-refractivity contribution in [2.24, 2.45) is 0 Å². The molecule has 1 unspecified atom stereocenters. The number of sulfonamides is 1. The number of anilines is 1. The van der Waals surface area contributed by atoms with E-state index in [1.54, 1.807) is 12.1 Å². The van der Waals surface area contributed by atoms with Crippen molar-refractivity contribution < 1.29 is 17.6 Å². The molecule has 0 aliphatic rings. The molecule has 1 amide bonds. The van der Waals surface area contributed by atoms with Gasteiger partial charge < -0.3 is 5.32 Å². The molecule has 2 rings (SSSR count). The number of halogens is 2. The largest absolute Gasteiger partial charge is 0.325 e. The van der Waals surface area contributed by atoms with Crippen LogP contribution in [-0.4, -0.2) is 37.4 Å². The maximum Gasteiger partial charge on any atom is 0.242 e. The highest BCUT2D eigenvalue weighted by atomic mass is 35.5. The second-order valence-corrected chi connectivity index (χ2v) is 8.36. The lowest BCUT2D eigenvalue weighted by atomic mass is 10.2. The van der Waals surface area contributed by atoms with Gasteiger partial charge in [0.25, 0.3) is 0 Å². The standard InChI is InChI=1S/C16H17ClFN3O3S2/c1-25-9-6-15(16(22)20-11-4-7-19-8-5-11)21-26(23,24)12-2-3-14(18)13(17)10-12/h2-5,7-8,10,15,21H,6,9H2,1H3,(H,19,20,22). The molecular formula is C16H17ClFN3O3S2. The van der Waals surface area contributed by atoms with Crippen LogP contribution in [0.5, 0.6) is 0 Å². The monoisotopic (exact) mass is 417 g/mol. The Morgan fingerprint density at radius 2 is 2.00 bits per heavy atom. The fourth-order valence-corrected chi connectivity index (χ4v) is 4.02. The van der Waals surface area contributed by atoms with Crippen LogP contribution in [0, 0.1) is 5.82 Å². The number of pyridine rings is 1. The van der Waals surface area contributed by atoms with Crippen molar-refractivity contribution in [1.82, 2.24) is 9.71 Å². The lowest BCUT2D eigenvalue weighted by Gasteiger charge is -2.18. The summed E-state index contributed by atoms with van der Waals surface area (Å²) >= 11 is 7.14. The van der Waals surface area contributed by atoms with Crippen LogP contribution in [0.25, 0.3) is 0 Å². The van der Waals surface area contributed by atoms with Crippen molar-refractivity contribution in [3.05, 3.63) is 53.6 Å². The molecule has 0 aliphatic heterocycles. The Kier molecular flexibility index (Phi) is 7.39. The van der Waals surface area contributed by atoms with Gasteiger partial charge in [-0.25, -0.2) is 12.8 Å². The molecule has 10 heteroatoms. The number of benzene rings is 1. The van der Waals surface area contributed by atoms with Crippen molar-refractivity contribution in [3.63, 3.8) is 0 Å². The van der Waals surface area contributed by atoms with E-state index in [2.05, 4.69) is 15.0 Å². The fourth-order valence-electron chi connectivity index (χ4n) is 2.04. The molecule has 1 aromatic carbocycles. The minimum atomic E-state index is -4.05. The Labute approximate surface area is 160 Å². The van der Waals surface area contributed by atoms with Gasteiger partial charge in [-0.3, -0.25) is 9.78 Å². The Hall–Kier alpha value is -1.68.